The van der Waals surface area contributed by atoms with Crippen molar-refractivity contribution in [2.75, 3.05) is 7.11 Å². The SMILES string of the molecule is COc1nccc2c1C(c1cnn(CC3CCC3)c1)=NC2. The molecule has 0 aromatic carbocycles. The molecule has 0 N–H and O–H groups in total. The predicted molar refractivity (Wildman–Crippen MR) is 79.7 cm³/mol. The molecule has 2 aliphatic rings. The predicted octanol–water partition coefficient (Wildman–Crippen LogP) is 2.44. The number of methoxy groups -OCH3 is 1. The maximum absolute atomic E-state index is 5.39. The van der Waals surface area contributed by atoms with Crippen molar-refractivity contribution >= 4 is 5.71 Å². The average Bonchev–Trinajstić information content (AvgIpc) is 3.08. The third-order valence-electron chi connectivity index (χ3n) is 4.42. The van der Waals surface area contributed by atoms with Gasteiger partial charge in [-0.15, -0.1) is 0 Å². The number of hydrogen-bond donors (Lipinski definition) is 0. The number of rotatable bonds is 4. The van der Waals surface area contributed by atoms with Crippen LogP contribution in [0.5, 0.6) is 5.88 Å². The Labute approximate surface area is 123 Å². The molecule has 1 saturated carbocycles. The zero-order chi connectivity index (χ0) is 14.2. The molecule has 21 heavy (non-hydrogen) atoms. The molecule has 2 aromatic heterocycles. The van der Waals surface area contributed by atoms with Crippen LogP contribution in [-0.4, -0.2) is 27.6 Å². The Morgan fingerprint density at radius 1 is 1.38 bits per heavy atom. The van der Waals surface area contributed by atoms with Gasteiger partial charge in [0.05, 0.1) is 31.1 Å². The van der Waals surface area contributed by atoms with E-state index in [4.69, 9.17) is 4.74 Å². The van der Waals surface area contributed by atoms with Gasteiger partial charge in [-0.05, 0) is 30.4 Å². The molecule has 0 bridgehead atoms. The lowest BCUT2D eigenvalue weighted by Crippen LogP contribution is -2.18. The van der Waals surface area contributed by atoms with Crippen LogP contribution in [0.3, 0.4) is 0 Å². The summed E-state index contributed by atoms with van der Waals surface area (Å²) in [6.45, 7) is 1.71. The summed E-state index contributed by atoms with van der Waals surface area (Å²) < 4.78 is 7.43. The van der Waals surface area contributed by atoms with Gasteiger partial charge in [0.25, 0.3) is 0 Å². The van der Waals surface area contributed by atoms with Crippen LogP contribution in [-0.2, 0) is 13.1 Å². The molecule has 2 aromatic rings. The highest BCUT2D eigenvalue weighted by molar-refractivity contribution is 6.16. The number of hydrogen-bond acceptors (Lipinski definition) is 4. The summed E-state index contributed by atoms with van der Waals surface area (Å²) in [4.78, 5) is 8.94. The van der Waals surface area contributed by atoms with E-state index in [9.17, 15) is 0 Å². The van der Waals surface area contributed by atoms with Crippen molar-refractivity contribution in [1.29, 1.82) is 0 Å². The Kier molecular flexibility index (Phi) is 2.98. The van der Waals surface area contributed by atoms with Gasteiger partial charge in [0.15, 0.2) is 0 Å². The van der Waals surface area contributed by atoms with Gasteiger partial charge >= 0.3 is 0 Å². The Bertz CT molecular complexity index is 700. The number of aliphatic imine (C=N–C) groups is 1. The van der Waals surface area contributed by atoms with E-state index >= 15 is 0 Å². The van der Waals surface area contributed by atoms with Crippen LogP contribution in [0, 0.1) is 5.92 Å². The second-order valence-corrected chi connectivity index (χ2v) is 5.77. The molecule has 4 rings (SSSR count). The molecule has 0 spiro atoms. The molecule has 0 saturated heterocycles. The number of pyridine rings is 1. The van der Waals surface area contributed by atoms with E-state index in [1.165, 1.54) is 24.8 Å². The molecule has 5 nitrogen and oxygen atoms in total. The normalized spacial score (nSPS) is 17.3. The summed E-state index contributed by atoms with van der Waals surface area (Å²) in [6.07, 6.45) is 9.79. The maximum Gasteiger partial charge on any atom is 0.222 e. The van der Waals surface area contributed by atoms with Crippen molar-refractivity contribution in [2.24, 2.45) is 10.9 Å². The molecule has 1 aliphatic heterocycles. The molecule has 0 atom stereocenters. The number of nitrogens with zero attached hydrogens (tertiary/aromatic N) is 4. The number of fused-ring (bicyclic) bond motifs is 1. The molecular formula is C16H18N4O. The first kappa shape index (κ1) is 12.6. The molecule has 3 heterocycles. The summed E-state index contributed by atoms with van der Waals surface area (Å²) in [7, 11) is 1.65. The Hall–Kier alpha value is -2.17. The minimum Gasteiger partial charge on any atom is -0.480 e. The Morgan fingerprint density at radius 2 is 2.29 bits per heavy atom. The van der Waals surface area contributed by atoms with Crippen molar-refractivity contribution < 1.29 is 4.74 Å². The summed E-state index contributed by atoms with van der Waals surface area (Å²) in [6, 6.07) is 2.01. The van der Waals surface area contributed by atoms with Crippen LogP contribution in [0.2, 0.25) is 0 Å². The molecule has 0 radical (unpaired) electrons. The van der Waals surface area contributed by atoms with Gasteiger partial charge in [-0.1, -0.05) is 6.42 Å². The fourth-order valence-electron chi connectivity index (χ4n) is 3.02. The van der Waals surface area contributed by atoms with Crippen LogP contribution in [0.15, 0.2) is 29.6 Å². The zero-order valence-corrected chi connectivity index (χ0v) is 12.1. The van der Waals surface area contributed by atoms with Gasteiger partial charge in [0.2, 0.25) is 5.88 Å². The van der Waals surface area contributed by atoms with Gasteiger partial charge in [-0.25, -0.2) is 4.98 Å². The fraction of sp³-hybridized carbons (Fsp3) is 0.438. The molecule has 1 fully saturated rings. The lowest BCUT2D eigenvalue weighted by Gasteiger charge is -2.24. The van der Waals surface area contributed by atoms with Crippen molar-refractivity contribution in [1.82, 2.24) is 14.8 Å². The summed E-state index contributed by atoms with van der Waals surface area (Å²) in [5.41, 5.74) is 4.20. The molecule has 108 valence electrons. The van der Waals surface area contributed by atoms with Crippen molar-refractivity contribution in [3.05, 3.63) is 41.3 Å². The van der Waals surface area contributed by atoms with Crippen LogP contribution < -0.4 is 4.74 Å². The summed E-state index contributed by atoms with van der Waals surface area (Å²) in [5.74, 6) is 1.45. The highest BCUT2D eigenvalue weighted by Crippen LogP contribution is 2.30. The fourth-order valence-corrected chi connectivity index (χ4v) is 3.02. The van der Waals surface area contributed by atoms with Crippen molar-refractivity contribution in [3.63, 3.8) is 0 Å². The third-order valence-corrected chi connectivity index (χ3v) is 4.42. The van der Waals surface area contributed by atoms with Gasteiger partial charge in [-0.2, -0.15) is 5.10 Å². The smallest absolute Gasteiger partial charge is 0.222 e. The minimum absolute atomic E-state index is 0.649. The Morgan fingerprint density at radius 3 is 3.05 bits per heavy atom. The van der Waals surface area contributed by atoms with Crippen molar-refractivity contribution in [2.45, 2.75) is 32.4 Å². The monoisotopic (exact) mass is 282 g/mol. The van der Waals surface area contributed by atoms with E-state index in [1.54, 1.807) is 13.3 Å². The van der Waals surface area contributed by atoms with E-state index in [-0.39, 0.29) is 0 Å². The third kappa shape index (κ3) is 2.13. The van der Waals surface area contributed by atoms with Gasteiger partial charge in [0.1, 0.15) is 0 Å². The average molecular weight is 282 g/mol. The second-order valence-electron chi connectivity index (χ2n) is 5.77. The summed E-state index contributed by atoms with van der Waals surface area (Å²) in [5, 5.41) is 4.49. The summed E-state index contributed by atoms with van der Waals surface area (Å²) >= 11 is 0. The molecule has 5 heteroatoms. The highest BCUT2D eigenvalue weighted by atomic mass is 16.5. The molecule has 1 aliphatic carbocycles. The van der Waals surface area contributed by atoms with E-state index < -0.39 is 0 Å². The van der Waals surface area contributed by atoms with E-state index in [1.807, 2.05) is 16.9 Å². The van der Waals surface area contributed by atoms with Crippen LogP contribution >= 0.6 is 0 Å². The lowest BCUT2D eigenvalue weighted by molar-refractivity contribution is 0.266. The first-order valence-electron chi connectivity index (χ1n) is 7.44. The quantitative estimate of drug-likeness (QED) is 0.865. The van der Waals surface area contributed by atoms with E-state index in [0.717, 1.165) is 29.3 Å². The first-order chi connectivity index (χ1) is 10.3. The molecular weight excluding hydrogens is 264 g/mol. The van der Waals surface area contributed by atoms with E-state index in [2.05, 4.69) is 21.3 Å². The van der Waals surface area contributed by atoms with Gasteiger partial charge in [-0.3, -0.25) is 9.67 Å². The second kappa shape index (κ2) is 4.98. The maximum atomic E-state index is 5.39. The van der Waals surface area contributed by atoms with E-state index in [0.29, 0.717) is 12.4 Å². The van der Waals surface area contributed by atoms with Gasteiger partial charge < -0.3 is 4.74 Å². The van der Waals surface area contributed by atoms with Crippen LogP contribution in [0.1, 0.15) is 36.0 Å². The minimum atomic E-state index is 0.649. The largest absolute Gasteiger partial charge is 0.480 e. The number of ether oxygens (including phenoxy) is 1. The lowest BCUT2D eigenvalue weighted by atomic mass is 9.85. The Balaban J connectivity index is 1.64. The molecule has 0 unspecified atom stereocenters. The number of aromatic nitrogens is 3. The zero-order valence-electron chi connectivity index (χ0n) is 12.1. The highest BCUT2D eigenvalue weighted by Gasteiger charge is 2.24. The topological polar surface area (TPSA) is 52.3 Å². The standard InChI is InChI=1S/C16H18N4O/c1-21-16-14-12(5-6-17-16)7-18-15(14)13-8-19-20(10-13)9-11-3-2-4-11/h5-6,8,10-11H,2-4,7,9H2,1H3. The van der Waals surface area contributed by atoms with Crippen LogP contribution in [0.4, 0.5) is 0 Å². The van der Waals surface area contributed by atoms with Crippen LogP contribution in [0.25, 0.3) is 0 Å². The first-order valence-corrected chi connectivity index (χ1v) is 7.44. The van der Waals surface area contributed by atoms with Crippen molar-refractivity contribution in [3.8, 4) is 5.88 Å². The van der Waals surface area contributed by atoms with Gasteiger partial charge in [0, 0.05) is 24.5 Å². The molecule has 0 amide bonds.